The van der Waals surface area contributed by atoms with Crippen LogP contribution in [0, 0.1) is 0 Å². The van der Waals surface area contributed by atoms with Crippen LogP contribution in [0.15, 0.2) is 24.3 Å². The van der Waals surface area contributed by atoms with Crippen molar-refractivity contribution < 1.29 is 9.53 Å². The molecule has 0 aromatic heterocycles. The Labute approximate surface area is 157 Å². The Morgan fingerprint density at radius 3 is 2.60 bits per heavy atom. The topological polar surface area (TPSA) is 41.6 Å². The van der Waals surface area contributed by atoms with E-state index in [9.17, 15) is 4.79 Å². The molecule has 5 heteroatoms. The molecule has 1 heterocycles. The molecule has 0 spiro atoms. The van der Waals surface area contributed by atoms with Crippen LogP contribution < -0.4 is 10.1 Å². The molecule has 0 atom stereocenters. The Hall–Kier alpha value is -1.26. The minimum atomic E-state index is 0. The van der Waals surface area contributed by atoms with Crippen LogP contribution in [0.2, 0.25) is 0 Å². The number of amides is 1. The number of nitrogens with one attached hydrogen (secondary N) is 1. The average molecular weight is 367 g/mol. The molecule has 3 rings (SSSR count). The minimum Gasteiger partial charge on any atom is -0.490 e. The van der Waals surface area contributed by atoms with E-state index in [0.717, 1.165) is 38.1 Å². The third-order valence-corrected chi connectivity index (χ3v) is 5.39. The molecule has 2 fully saturated rings. The second kappa shape index (κ2) is 10.0. The van der Waals surface area contributed by atoms with Crippen LogP contribution in [0.4, 0.5) is 0 Å². The SMILES string of the molecule is CNC1CCN(C(=O)CCc2cccc(OC3CCCC3)c2)CC1.Cl. The molecule has 0 radical (unpaired) electrons. The summed E-state index contributed by atoms with van der Waals surface area (Å²) in [5, 5.41) is 3.31. The van der Waals surface area contributed by atoms with E-state index in [0.29, 0.717) is 18.6 Å². The first-order valence-electron chi connectivity index (χ1n) is 9.45. The Kier molecular flexibility index (Phi) is 8.04. The van der Waals surface area contributed by atoms with E-state index in [2.05, 4.69) is 17.4 Å². The molecule has 140 valence electrons. The van der Waals surface area contributed by atoms with Gasteiger partial charge in [0.15, 0.2) is 0 Å². The van der Waals surface area contributed by atoms with Gasteiger partial charge in [-0.25, -0.2) is 0 Å². The predicted molar refractivity (Wildman–Crippen MR) is 104 cm³/mol. The number of hydrogen-bond acceptors (Lipinski definition) is 3. The number of rotatable bonds is 6. The van der Waals surface area contributed by atoms with Gasteiger partial charge in [0.05, 0.1) is 6.10 Å². The van der Waals surface area contributed by atoms with Gasteiger partial charge < -0.3 is 15.0 Å². The van der Waals surface area contributed by atoms with Crippen LogP contribution in [0.25, 0.3) is 0 Å². The highest BCUT2D eigenvalue weighted by atomic mass is 35.5. The summed E-state index contributed by atoms with van der Waals surface area (Å²) in [5.41, 5.74) is 1.20. The van der Waals surface area contributed by atoms with E-state index in [1.165, 1.54) is 31.2 Å². The summed E-state index contributed by atoms with van der Waals surface area (Å²) < 4.78 is 6.06. The first-order chi connectivity index (χ1) is 11.7. The van der Waals surface area contributed by atoms with Crippen molar-refractivity contribution in [2.75, 3.05) is 20.1 Å². The Morgan fingerprint density at radius 2 is 1.92 bits per heavy atom. The molecule has 1 saturated carbocycles. The van der Waals surface area contributed by atoms with Crippen LogP contribution in [-0.2, 0) is 11.2 Å². The molecule has 1 aromatic carbocycles. The number of ether oxygens (including phenoxy) is 1. The zero-order valence-electron chi connectivity index (χ0n) is 15.2. The lowest BCUT2D eigenvalue weighted by atomic mass is 10.0. The van der Waals surface area contributed by atoms with Crippen molar-refractivity contribution in [1.29, 1.82) is 0 Å². The maximum atomic E-state index is 12.4. The number of hydrogen-bond donors (Lipinski definition) is 1. The first kappa shape index (κ1) is 20.1. The number of carbonyl (C=O) groups excluding carboxylic acids is 1. The molecule has 1 N–H and O–H groups in total. The van der Waals surface area contributed by atoms with Gasteiger partial charge in [-0.2, -0.15) is 0 Å². The number of benzene rings is 1. The highest BCUT2D eigenvalue weighted by Crippen LogP contribution is 2.25. The smallest absolute Gasteiger partial charge is 0.222 e. The number of halogens is 1. The van der Waals surface area contributed by atoms with Crippen molar-refractivity contribution in [2.24, 2.45) is 0 Å². The zero-order valence-corrected chi connectivity index (χ0v) is 16.0. The molecule has 0 unspecified atom stereocenters. The van der Waals surface area contributed by atoms with Gasteiger partial charge in [0, 0.05) is 25.6 Å². The fourth-order valence-corrected chi connectivity index (χ4v) is 3.80. The van der Waals surface area contributed by atoms with Crippen LogP contribution in [0.3, 0.4) is 0 Å². The van der Waals surface area contributed by atoms with E-state index in [-0.39, 0.29) is 18.3 Å². The number of nitrogens with zero attached hydrogens (tertiary/aromatic N) is 1. The van der Waals surface area contributed by atoms with Crippen molar-refractivity contribution in [2.45, 2.75) is 63.5 Å². The fourth-order valence-electron chi connectivity index (χ4n) is 3.80. The third kappa shape index (κ3) is 5.89. The fraction of sp³-hybridized carbons (Fsp3) is 0.650. The van der Waals surface area contributed by atoms with Gasteiger partial charge in [-0.15, -0.1) is 12.4 Å². The standard InChI is InChI=1S/C20H30N2O2.ClH/c1-21-17-11-13-22(14-12-17)20(23)10-9-16-5-4-8-19(15-16)24-18-6-2-3-7-18;/h4-5,8,15,17-18,21H,2-3,6-7,9-14H2,1H3;1H. The maximum absolute atomic E-state index is 12.4. The zero-order chi connectivity index (χ0) is 16.8. The third-order valence-electron chi connectivity index (χ3n) is 5.39. The molecule has 1 amide bonds. The first-order valence-corrected chi connectivity index (χ1v) is 9.45. The second-order valence-electron chi connectivity index (χ2n) is 7.12. The summed E-state index contributed by atoms with van der Waals surface area (Å²) >= 11 is 0. The Balaban J connectivity index is 0.00000225. The van der Waals surface area contributed by atoms with E-state index in [1.807, 2.05) is 24.1 Å². The lowest BCUT2D eigenvalue weighted by Crippen LogP contribution is -2.44. The molecule has 1 aromatic rings. The number of piperidine rings is 1. The van der Waals surface area contributed by atoms with Crippen molar-refractivity contribution in [1.82, 2.24) is 10.2 Å². The van der Waals surface area contributed by atoms with Crippen LogP contribution in [0.5, 0.6) is 5.75 Å². The second-order valence-corrected chi connectivity index (χ2v) is 7.12. The summed E-state index contributed by atoms with van der Waals surface area (Å²) in [7, 11) is 2.00. The van der Waals surface area contributed by atoms with E-state index in [4.69, 9.17) is 4.74 Å². The molecule has 1 saturated heterocycles. The van der Waals surface area contributed by atoms with Crippen LogP contribution in [-0.4, -0.2) is 43.1 Å². The maximum Gasteiger partial charge on any atom is 0.222 e. The average Bonchev–Trinajstić information content (AvgIpc) is 3.13. The minimum absolute atomic E-state index is 0. The summed E-state index contributed by atoms with van der Waals surface area (Å²) in [5.74, 6) is 1.24. The molecular formula is C20H31ClN2O2. The van der Waals surface area contributed by atoms with Crippen molar-refractivity contribution in [3.63, 3.8) is 0 Å². The van der Waals surface area contributed by atoms with E-state index in [1.54, 1.807) is 0 Å². The highest BCUT2D eigenvalue weighted by molar-refractivity contribution is 5.85. The Morgan fingerprint density at radius 1 is 1.20 bits per heavy atom. The summed E-state index contributed by atoms with van der Waals surface area (Å²) in [6.07, 6.45) is 8.81. The summed E-state index contributed by atoms with van der Waals surface area (Å²) in [6, 6.07) is 8.86. The molecular weight excluding hydrogens is 336 g/mol. The van der Waals surface area contributed by atoms with Gasteiger partial charge in [0.1, 0.15) is 5.75 Å². The highest BCUT2D eigenvalue weighted by Gasteiger charge is 2.21. The van der Waals surface area contributed by atoms with Gasteiger partial charge in [-0.3, -0.25) is 4.79 Å². The Bertz CT molecular complexity index is 538. The van der Waals surface area contributed by atoms with Gasteiger partial charge in [-0.1, -0.05) is 12.1 Å². The largest absolute Gasteiger partial charge is 0.490 e. The van der Waals surface area contributed by atoms with Gasteiger partial charge in [-0.05, 0) is 69.7 Å². The monoisotopic (exact) mass is 366 g/mol. The van der Waals surface area contributed by atoms with Crippen LogP contribution in [0.1, 0.15) is 50.5 Å². The van der Waals surface area contributed by atoms with E-state index >= 15 is 0 Å². The molecule has 1 aliphatic heterocycles. The van der Waals surface area contributed by atoms with Crippen molar-refractivity contribution in [3.8, 4) is 5.75 Å². The van der Waals surface area contributed by atoms with Crippen molar-refractivity contribution in [3.05, 3.63) is 29.8 Å². The van der Waals surface area contributed by atoms with Gasteiger partial charge in [0.2, 0.25) is 5.91 Å². The lowest BCUT2D eigenvalue weighted by molar-refractivity contribution is -0.132. The summed E-state index contributed by atoms with van der Waals surface area (Å²) in [6.45, 7) is 1.77. The molecule has 1 aliphatic carbocycles. The molecule has 25 heavy (non-hydrogen) atoms. The normalized spacial score (nSPS) is 18.8. The quantitative estimate of drug-likeness (QED) is 0.836. The van der Waals surface area contributed by atoms with Crippen LogP contribution >= 0.6 is 12.4 Å². The predicted octanol–water partition coefficient (Wildman–Crippen LogP) is 3.57. The number of likely N-dealkylation sites (tertiary alicyclic amines) is 1. The molecule has 0 bridgehead atoms. The van der Waals surface area contributed by atoms with E-state index < -0.39 is 0 Å². The molecule has 4 nitrogen and oxygen atoms in total. The number of carbonyl (C=O) groups is 1. The molecule has 2 aliphatic rings. The number of aryl methyl sites for hydroxylation is 1. The van der Waals surface area contributed by atoms with Gasteiger partial charge >= 0.3 is 0 Å². The van der Waals surface area contributed by atoms with Crippen molar-refractivity contribution >= 4 is 18.3 Å². The summed E-state index contributed by atoms with van der Waals surface area (Å²) in [4.78, 5) is 14.4. The van der Waals surface area contributed by atoms with Gasteiger partial charge in [0.25, 0.3) is 0 Å². The lowest BCUT2D eigenvalue weighted by Gasteiger charge is -2.31.